The van der Waals surface area contributed by atoms with Crippen LogP contribution in [0, 0.1) is 11.8 Å². The molecule has 2 heteroatoms. The van der Waals surface area contributed by atoms with E-state index in [1.807, 2.05) is 0 Å². The second-order valence-corrected chi connectivity index (χ2v) is 6.46. The van der Waals surface area contributed by atoms with Crippen LogP contribution in [0.3, 0.4) is 0 Å². The topological polar surface area (TPSA) is 29.3 Å². The van der Waals surface area contributed by atoms with Crippen LogP contribution in [-0.4, -0.2) is 30.1 Å². The Morgan fingerprint density at radius 1 is 1.06 bits per heavy atom. The summed E-state index contributed by atoms with van der Waals surface area (Å²) in [5.41, 5.74) is 5.97. The van der Waals surface area contributed by atoms with Crippen molar-refractivity contribution >= 4 is 0 Å². The minimum Gasteiger partial charge on any atom is -0.330 e. The maximum absolute atomic E-state index is 5.97. The van der Waals surface area contributed by atoms with E-state index in [1.165, 1.54) is 57.9 Å². The molecule has 0 saturated heterocycles. The summed E-state index contributed by atoms with van der Waals surface area (Å²) in [7, 11) is 0. The van der Waals surface area contributed by atoms with Crippen molar-refractivity contribution in [1.29, 1.82) is 0 Å². The van der Waals surface area contributed by atoms with E-state index in [0.29, 0.717) is 0 Å². The Labute approximate surface area is 113 Å². The molecule has 2 rings (SSSR count). The van der Waals surface area contributed by atoms with Gasteiger partial charge in [-0.15, -0.1) is 0 Å². The predicted octanol–water partition coefficient (Wildman–Crippen LogP) is 3.40. The van der Waals surface area contributed by atoms with Gasteiger partial charge in [0.2, 0.25) is 0 Å². The summed E-state index contributed by atoms with van der Waals surface area (Å²) in [6.45, 7) is 6.91. The molecule has 2 fully saturated rings. The Bertz CT molecular complexity index is 235. The lowest BCUT2D eigenvalue weighted by Gasteiger charge is -2.41. The van der Waals surface area contributed by atoms with Gasteiger partial charge in [-0.25, -0.2) is 0 Å². The van der Waals surface area contributed by atoms with E-state index in [2.05, 4.69) is 18.7 Å². The van der Waals surface area contributed by atoms with Gasteiger partial charge in [0.15, 0.2) is 0 Å². The second kappa shape index (κ2) is 6.91. The molecule has 0 aromatic carbocycles. The van der Waals surface area contributed by atoms with Crippen LogP contribution in [0.2, 0.25) is 0 Å². The zero-order chi connectivity index (χ0) is 13.0. The fraction of sp³-hybridized carbons (Fsp3) is 1.00. The Morgan fingerprint density at radius 2 is 1.78 bits per heavy atom. The molecule has 18 heavy (non-hydrogen) atoms. The third-order valence-electron chi connectivity index (χ3n) is 5.57. The second-order valence-electron chi connectivity index (χ2n) is 6.46. The Hall–Kier alpha value is -0.0800. The van der Waals surface area contributed by atoms with Gasteiger partial charge in [0, 0.05) is 12.1 Å². The molecule has 0 aromatic rings. The number of hydrogen-bond acceptors (Lipinski definition) is 2. The standard InChI is InChI=1S/C16H32N2/c1-3-18(16-11-7-10-15(16)12-17)13(2)14-8-5-4-6-9-14/h13-16H,3-12,17H2,1-2H3. The summed E-state index contributed by atoms with van der Waals surface area (Å²) in [5.74, 6) is 1.70. The van der Waals surface area contributed by atoms with E-state index < -0.39 is 0 Å². The van der Waals surface area contributed by atoms with E-state index in [1.54, 1.807) is 0 Å². The summed E-state index contributed by atoms with van der Waals surface area (Å²) in [6.07, 6.45) is 11.4. The highest BCUT2D eigenvalue weighted by Gasteiger charge is 2.35. The van der Waals surface area contributed by atoms with Crippen LogP contribution in [-0.2, 0) is 0 Å². The summed E-state index contributed by atoms with van der Waals surface area (Å²) in [6, 6.07) is 1.55. The fourth-order valence-electron chi connectivity index (χ4n) is 4.44. The van der Waals surface area contributed by atoms with E-state index in [0.717, 1.165) is 30.5 Å². The maximum atomic E-state index is 5.97. The van der Waals surface area contributed by atoms with Gasteiger partial charge >= 0.3 is 0 Å². The van der Waals surface area contributed by atoms with Gasteiger partial charge < -0.3 is 5.73 Å². The van der Waals surface area contributed by atoms with Crippen LogP contribution in [0.4, 0.5) is 0 Å². The number of rotatable bonds is 5. The van der Waals surface area contributed by atoms with Crippen molar-refractivity contribution in [1.82, 2.24) is 4.90 Å². The molecule has 3 unspecified atom stereocenters. The molecule has 0 aliphatic heterocycles. The molecule has 2 N–H and O–H groups in total. The van der Waals surface area contributed by atoms with Crippen LogP contribution in [0.25, 0.3) is 0 Å². The first kappa shape index (κ1) is 14.3. The fourth-order valence-corrected chi connectivity index (χ4v) is 4.44. The quantitative estimate of drug-likeness (QED) is 0.812. The SMILES string of the molecule is CCN(C(C)C1CCCCC1)C1CCCC1CN. The van der Waals surface area contributed by atoms with E-state index in [4.69, 9.17) is 5.73 Å². The molecule has 0 heterocycles. The van der Waals surface area contributed by atoms with E-state index in [9.17, 15) is 0 Å². The molecule has 0 bridgehead atoms. The molecule has 106 valence electrons. The average Bonchev–Trinajstić information content (AvgIpc) is 2.89. The highest BCUT2D eigenvalue weighted by molar-refractivity contribution is 4.90. The zero-order valence-electron chi connectivity index (χ0n) is 12.4. The van der Waals surface area contributed by atoms with Crippen LogP contribution < -0.4 is 5.73 Å². The lowest BCUT2D eigenvalue weighted by Crippen LogP contribution is -2.48. The monoisotopic (exact) mass is 252 g/mol. The molecule has 2 aliphatic carbocycles. The van der Waals surface area contributed by atoms with Gasteiger partial charge in [0.25, 0.3) is 0 Å². The summed E-state index contributed by atoms with van der Waals surface area (Å²) in [4.78, 5) is 2.79. The zero-order valence-corrected chi connectivity index (χ0v) is 12.4. The Morgan fingerprint density at radius 3 is 2.39 bits per heavy atom. The molecular formula is C16H32N2. The van der Waals surface area contributed by atoms with Crippen molar-refractivity contribution in [3.63, 3.8) is 0 Å². The van der Waals surface area contributed by atoms with Crippen LogP contribution >= 0.6 is 0 Å². The van der Waals surface area contributed by atoms with Crippen molar-refractivity contribution < 1.29 is 0 Å². The lowest BCUT2D eigenvalue weighted by molar-refractivity contribution is 0.0732. The highest BCUT2D eigenvalue weighted by atomic mass is 15.2. The summed E-state index contributed by atoms with van der Waals surface area (Å²) in [5, 5.41) is 0. The van der Waals surface area contributed by atoms with Gasteiger partial charge in [0.05, 0.1) is 0 Å². The first-order chi connectivity index (χ1) is 8.77. The van der Waals surface area contributed by atoms with Gasteiger partial charge in [-0.3, -0.25) is 4.90 Å². The molecule has 0 aromatic heterocycles. The minimum atomic E-state index is 0.760. The molecule has 2 nitrogen and oxygen atoms in total. The smallest absolute Gasteiger partial charge is 0.0138 e. The first-order valence-corrected chi connectivity index (χ1v) is 8.23. The van der Waals surface area contributed by atoms with Crippen LogP contribution in [0.5, 0.6) is 0 Å². The van der Waals surface area contributed by atoms with Crippen molar-refractivity contribution in [2.24, 2.45) is 17.6 Å². The van der Waals surface area contributed by atoms with Gasteiger partial charge in [0.1, 0.15) is 0 Å². The van der Waals surface area contributed by atoms with Gasteiger partial charge in [-0.05, 0) is 57.5 Å². The number of nitrogens with zero attached hydrogens (tertiary/aromatic N) is 1. The Kier molecular flexibility index (Phi) is 5.50. The molecule has 2 saturated carbocycles. The maximum Gasteiger partial charge on any atom is 0.0138 e. The van der Waals surface area contributed by atoms with E-state index in [-0.39, 0.29) is 0 Å². The van der Waals surface area contributed by atoms with Crippen LogP contribution in [0.1, 0.15) is 65.2 Å². The normalized spacial score (nSPS) is 32.0. The third-order valence-corrected chi connectivity index (χ3v) is 5.57. The number of nitrogens with two attached hydrogens (primary N) is 1. The molecular weight excluding hydrogens is 220 g/mol. The van der Waals surface area contributed by atoms with Gasteiger partial charge in [-0.1, -0.05) is 32.6 Å². The molecule has 3 atom stereocenters. The van der Waals surface area contributed by atoms with Crippen molar-refractivity contribution in [2.45, 2.75) is 77.3 Å². The van der Waals surface area contributed by atoms with Crippen LogP contribution in [0.15, 0.2) is 0 Å². The largest absolute Gasteiger partial charge is 0.330 e. The predicted molar refractivity (Wildman–Crippen MR) is 78.6 cm³/mol. The van der Waals surface area contributed by atoms with E-state index >= 15 is 0 Å². The minimum absolute atomic E-state index is 0.760. The first-order valence-electron chi connectivity index (χ1n) is 8.23. The average molecular weight is 252 g/mol. The van der Waals surface area contributed by atoms with Crippen molar-refractivity contribution in [2.75, 3.05) is 13.1 Å². The van der Waals surface area contributed by atoms with Crippen molar-refractivity contribution in [3.05, 3.63) is 0 Å². The van der Waals surface area contributed by atoms with Crippen molar-refractivity contribution in [3.8, 4) is 0 Å². The molecule has 0 radical (unpaired) electrons. The Balaban J connectivity index is 1.97. The molecule has 0 spiro atoms. The molecule has 0 amide bonds. The summed E-state index contributed by atoms with van der Waals surface area (Å²) >= 11 is 0. The number of hydrogen-bond donors (Lipinski definition) is 1. The lowest BCUT2D eigenvalue weighted by atomic mass is 9.83. The summed E-state index contributed by atoms with van der Waals surface area (Å²) < 4.78 is 0. The third kappa shape index (κ3) is 3.08. The van der Waals surface area contributed by atoms with Gasteiger partial charge in [-0.2, -0.15) is 0 Å². The molecule has 2 aliphatic rings. The highest BCUT2D eigenvalue weighted by Crippen LogP contribution is 2.35.